The van der Waals surface area contributed by atoms with E-state index in [1.165, 1.54) is 11.8 Å². The van der Waals surface area contributed by atoms with Gasteiger partial charge in [-0.05, 0) is 42.3 Å². The molecule has 134 valence electrons. The minimum absolute atomic E-state index is 0.0230. The quantitative estimate of drug-likeness (QED) is 0.350. The summed E-state index contributed by atoms with van der Waals surface area (Å²) in [5.41, 5.74) is 1.19. The molecule has 0 aliphatic heterocycles. The van der Waals surface area contributed by atoms with Gasteiger partial charge in [-0.15, -0.1) is 0 Å². The fourth-order valence-electron chi connectivity index (χ4n) is 2.63. The summed E-state index contributed by atoms with van der Waals surface area (Å²) in [5.74, 6) is 0.483. The van der Waals surface area contributed by atoms with Gasteiger partial charge >= 0.3 is 0 Å². The highest BCUT2D eigenvalue weighted by Crippen LogP contribution is 2.20. The van der Waals surface area contributed by atoms with E-state index in [0.29, 0.717) is 39.1 Å². The van der Waals surface area contributed by atoms with Gasteiger partial charge in [-0.2, -0.15) is 0 Å². The zero-order chi connectivity index (χ0) is 18.7. The normalized spacial score (nSPS) is 11.2. The molecular formula is C20H19ClN2O2S. The lowest BCUT2D eigenvalue weighted by molar-refractivity contribution is 0.102. The van der Waals surface area contributed by atoms with E-state index in [2.05, 4.69) is 18.8 Å². The largest absolute Gasteiger partial charge is 0.293 e. The molecule has 0 amide bonds. The second kappa shape index (κ2) is 8.06. The van der Waals surface area contributed by atoms with Crippen LogP contribution in [0, 0.1) is 5.92 Å². The van der Waals surface area contributed by atoms with Crippen LogP contribution in [0.25, 0.3) is 10.9 Å². The summed E-state index contributed by atoms with van der Waals surface area (Å²) in [6.45, 7) is 4.66. The van der Waals surface area contributed by atoms with Crippen LogP contribution in [-0.2, 0) is 6.54 Å². The average molecular weight is 387 g/mol. The lowest BCUT2D eigenvalue weighted by Gasteiger charge is -2.14. The van der Waals surface area contributed by atoms with Gasteiger partial charge in [0.1, 0.15) is 0 Å². The highest BCUT2D eigenvalue weighted by atomic mass is 35.5. The summed E-state index contributed by atoms with van der Waals surface area (Å²) >= 11 is 7.16. The number of carbonyl (C=O) groups excluding carboxylic acids is 1. The molecule has 4 nitrogen and oxygen atoms in total. The fraction of sp³-hybridized carbons (Fsp3) is 0.250. The van der Waals surface area contributed by atoms with E-state index in [1.807, 2.05) is 18.2 Å². The van der Waals surface area contributed by atoms with Gasteiger partial charge in [-0.1, -0.05) is 49.3 Å². The van der Waals surface area contributed by atoms with E-state index in [1.54, 1.807) is 34.9 Å². The summed E-state index contributed by atoms with van der Waals surface area (Å²) in [7, 11) is 0. The Balaban J connectivity index is 1.91. The molecule has 0 radical (unpaired) electrons. The number of hydrogen-bond acceptors (Lipinski definition) is 4. The molecule has 1 aromatic heterocycles. The summed E-state index contributed by atoms with van der Waals surface area (Å²) in [6, 6.07) is 14.1. The van der Waals surface area contributed by atoms with Gasteiger partial charge in [0.25, 0.3) is 5.56 Å². The van der Waals surface area contributed by atoms with Crippen LogP contribution >= 0.6 is 23.4 Å². The standard InChI is InChI=1S/C20H19ClN2O2S/c1-13(2)11-23-19(25)16-5-3-4-6-17(16)22-20(23)26-12-18(24)14-7-9-15(21)10-8-14/h3-10,13H,11-12H2,1-2H3. The zero-order valence-electron chi connectivity index (χ0n) is 14.6. The maximum atomic E-state index is 12.8. The van der Waals surface area contributed by atoms with Crippen LogP contribution in [0.4, 0.5) is 0 Å². The van der Waals surface area contributed by atoms with Crippen molar-refractivity contribution in [2.24, 2.45) is 5.92 Å². The number of carbonyl (C=O) groups is 1. The third-order valence-corrected chi connectivity index (χ3v) is 5.10. The number of fused-ring (bicyclic) bond motifs is 1. The van der Waals surface area contributed by atoms with Crippen molar-refractivity contribution in [1.29, 1.82) is 0 Å². The second-order valence-electron chi connectivity index (χ2n) is 6.44. The molecule has 3 aromatic rings. The predicted octanol–water partition coefficient (Wildman–Crippen LogP) is 4.68. The summed E-state index contributed by atoms with van der Waals surface area (Å²) in [6.07, 6.45) is 0. The SMILES string of the molecule is CC(C)Cn1c(SCC(=O)c2ccc(Cl)cc2)nc2ccccc2c1=O. The topological polar surface area (TPSA) is 52.0 Å². The van der Waals surface area contributed by atoms with E-state index in [9.17, 15) is 9.59 Å². The van der Waals surface area contributed by atoms with Gasteiger partial charge in [0.15, 0.2) is 10.9 Å². The number of benzene rings is 2. The first kappa shape index (κ1) is 18.7. The molecule has 0 saturated heterocycles. The number of nitrogens with zero attached hydrogens (tertiary/aromatic N) is 2. The van der Waals surface area contributed by atoms with Gasteiger partial charge in [0.2, 0.25) is 0 Å². The van der Waals surface area contributed by atoms with E-state index in [0.717, 1.165) is 0 Å². The lowest BCUT2D eigenvalue weighted by atomic mass is 10.1. The fourth-order valence-corrected chi connectivity index (χ4v) is 3.66. The number of thioether (sulfide) groups is 1. The maximum Gasteiger partial charge on any atom is 0.262 e. The van der Waals surface area contributed by atoms with Gasteiger partial charge in [-0.25, -0.2) is 4.98 Å². The highest BCUT2D eigenvalue weighted by Gasteiger charge is 2.15. The molecule has 0 N–H and O–H groups in total. The number of para-hydroxylation sites is 1. The molecule has 0 saturated carbocycles. The third-order valence-electron chi connectivity index (χ3n) is 3.87. The minimum atomic E-state index is -0.0641. The maximum absolute atomic E-state index is 12.8. The molecular weight excluding hydrogens is 368 g/mol. The summed E-state index contributed by atoms with van der Waals surface area (Å²) in [5, 5.41) is 1.77. The highest BCUT2D eigenvalue weighted by molar-refractivity contribution is 7.99. The molecule has 26 heavy (non-hydrogen) atoms. The molecule has 6 heteroatoms. The van der Waals surface area contributed by atoms with E-state index >= 15 is 0 Å². The van der Waals surface area contributed by atoms with Crippen LogP contribution in [0.2, 0.25) is 5.02 Å². The Kier molecular flexibility index (Phi) is 5.79. The first-order valence-electron chi connectivity index (χ1n) is 8.37. The van der Waals surface area contributed by atoms with Crippen molar-refractivity contribution >= 4 is 40.0 Å². The average Bonchev–Trinajstić information content (AvgIpc) is 2.63. The van der Waals surface area contributed by atoms with Crippen LogP contribution in [0.1, 0.15) is 24.2 Å². The van der Waals surface area contributed by atoms with Gasteiger partial charge in [-0.3, -0.25) is 14.2 Å². The van der Waals surface area contributed by atoms with Crippen LogP contribution in [0.15, 0.2) is 58.5 Å². The molecule has 0 fully saturated rings. The van der Waals surface area contributed by atoms with E-state index in [-0.39, 0.29) is 17.1 Å². The summed E-state index contributed by atoms with van der Waals surface area (Å²) < 4.78 is 1.67. The molecule has 2 aromatic carbocycles. The Bertz CT molecular complexity index is 997. The van der Waals surface area contributed by atoms with Crippen molar-refractivity contribution in [3.05, 3.63) is 69.5 Å². The number of ketones is 1. The van der Waals surface area contributed by atoms with Crippen molar-refractivity contribution in [3.8, 4) is 0 Å². The molecule has 0 aliphatic carbocycles. The number of hydrogen-bond donors (Lipinski definition) is 0. The first-order valence-corrected chi connectivity index (χ1v) is 9.73. The lowest BCUT2D eigenvalue weighted by Crippen LogP contribution is -2.25. The first-order chi connectivity index (χ1) is 12.5. The van der Waals surface area contributed by atoms with Crippen LogP contribution in [0.5, 0.6) is 0 Å². The van der Waals surface area contributed by atoms with Gasteiger partial charge < -0.3 is 0 Å². The molecule has 0 aliphatic rings. The van der Waals surface area contributed by atoms with Crippen molar-refractivity contribution < 1.29 is 4.79 Å². The Morgan fingerprint density at radius 2 is 1.85 bits per heavy atom. The Labute approximate surface area is 161 Å². The van der Waals surface area contributed by atoms with E-state index < -0.39 is 0 Å². The van der Waals surface area contributed by atoms with Crippen LogP contribution < -0.4 is 5.56 Å². The number of halogens is 1. The smallest absolute Gasteiger partial charge is 0.262 e. The Morgan fingerprint density at radius 3 is 2.54 bits per heavy atom. The van der Waals surface area contributed by atoms with Crippen LogP contribution in [0.3, 0.4) is 0 Å². The Hall–Kier alpha value is -2.11. The second-order valence-corrected chi connectivity index (χ2v) is 7.82. The summed E-state index contributed by atoms with van der Waals surface area (Å²) in [4.78, 5) is 29.9. The van der Waals surface area contributed by atoms with Gasteiger partial charge in [0.05, 0.1) is 16.7 Å². The molecule has 0 unspecified atom stereocenters. The number of Topliss-reactive ketones (excluding diaryl/α,β-unsaturated/α-hetero) is 1. The Morgan fingerprint density at radius 1 is 1.15 bits per heavy atom. The van der Waals surface area contributed by atoms with Crippen molar-refractivity contribution in [2.45, 2.75) is 25.5 Å². The third kappa shape index (κ3) is 4.17. The monoisotopic (exact) mass is 386 g/mol. The van der Waals surface area contributed by atoms with Gasteiger partial charge in [0, 0.05) is 17.1 Å². The predicted molar refractivity (Wildman–Crippen MR) is 107 cm³/mol. The van der Waals surface area contributed by atoms with E-state index in [4.69, 9.17) is 11.6 Å². The minimum Gasteiger partial charge on any atom is -0.293 e. The van der Waals surface area contributed by atoms with Crippen molar-refractivity contribution in [1.82, 2.24) is 9.55 Å². The number of rotatable bonds is 6. The molecule has 1 heterocycles. The number of aromatic nitrogens is 2. The van der Waals surface area contributed by atoms with Crippen molar-refractivity contribution in [3.63, 3.8) is 0 Å². The molecule has 0 atom stereocenters. The van der Waals surface area contributed by atoms with Crippen molar-refractivity contribution in [2.75, 3.05) is 5.75 Å². The zero-order valence-corrected chi connectivity index (χ0v) is 16.2. The van der Waals surface area contributed by atoms with Crippen LogP contribution in [-0.4, -0.2) is 21.1 Å². The molecule has 0 bridgehead atoms. The molecule has 0 spiro atoms. The molecule has 3 rings (SSSR count).